The van der Waals surface area contributed by atoms with E-state index in [4.69, 9.17) is 4.74 Å². The summed E-state index contributed by atoms with van der Waals surface area (Å²) in [5.74, 6) is 1.42. The first-order chi connectivity index (χ1) is 10.8. The third-order valence-electron chi connectivity index (χ3n) is 5.94. The Morgan fingerprint density at radius 2 is 2.26 bits per heavy atom. The minimum Gasteiger partial charge on any atom is -0.462 e. The molecule has 1 heterocycles. The van der Waals surface area contributed by atoms with E-state index in [1.54, 1.807) is 0 Å². The Labute approximate surface area is 135 Å². The van der Waals surface area contributed by atoms with Gasteiger partial charge < -0.3 is 4.74 Å². The molecule has 0 saturated heterocycles. The largest absolute Gasteiger partial charge is 0.462 e. The third kappa shape index (κ3) is 2.84. The van der Waals surface area contributed by atoms with Gasteiger partial charge in [0.1, 0.15) is 18.5 Å². The van der Waals surface area contributed by atoms with E-state index in [1.807, 2.05) is 0 Å². The smallest absolute Gasteiger partial charge is 0.307 e. The lowest BCUT2D eigenvalue weighted by Crippen LogP contribution is -2.57. The highest BCUT2D eigenvalue weighted by atomic mass is 16.6. The van der Waals surface area contributed by atoms with Gasteiger partial charge >= 0.3 is 11.7 Å². The van der Waals surface area contributed by atoms with Gasteiger partial charge in [0.25, 0.3) is 0 Å². The Morgan fingerprint density at radius 1 is 1.52 bits per heavy atom. The summed E-state index contributed by atoms with van der Waals surface area (Å²) in [5, 5.41) is 14.5. The zero-order valence-corrected chi connectivity index (χ0v) is 13.8. The highest BCUT2D eigenvalue weighted by Gasteiger charge is 2.57. The van der Waals surface area contributed by atoms with E-state index < -0.39 is 4.92 Å². The molecule has 1 aromatic rings. The molecule has 3 fully saturated rings. The third-order valence-corrected chi connectivity index (χ3v) is 5.94. The first-order valence-corrected chi connectivity index (χ1v) is 8.15. The zero-order valence-electron chi connectivity index (χ0n) is 13.8. The van der Waals surface area contributed by atoms with Crippen LogP contribution in [-0.4, -0.2) is 26.8 Å². The molecule has 3 saturated carbocycles. The van der Waals surface area contributed by atoms with Crippen LogP contribution in [0.15, 0.2) is 12.4 Å². The molecule has 0 aromatic carbocycles. The van der Waals surface area contributed by atoms with Crippen molar-refractivity contribution in [3.05, 3.63) is 22.5 Å². The van der Waals surface area contributed by atoms with E-state index in [0.717, 1.165) is 6.42 Å². The van der Waals surface area contributed by atoms with E-state index in [1.165, 1.54) is 23.5 Å². The monoisotopic (exact) mass is 321 g/mol. The number of aromatic nitrogens is 2. The van der Waals surface area contributed by atoms with Crippen molar-refractivity contribution in [2.75, 3.05) is 0 Å². The van der Waals surface area contributed by atoms with E-state index in [-0.39, 0.29) is 24.2 Å². The number of hydrogen-bond donors (Lipinski definition) is 0. The fourth-order valence-corrected chi connectivity index (χ4v) is 4.26. The Morgan fingerprint density at radius 3 is 2.83 bits per heavy atom. The molecule has 3 aliphatic rings. The fraction of sp³-hybridized carbons (Fsp3) is 0.750. The lowest BCUT2D eigenvalue weighted by Gasteiger charge is -2.61. The summed E-state index contributed by atoms with van der Waals surface area (Å²) >= 11 is 0. The van der Waals surface area contributed by atoms with Gasteiger partial charge in [0.05, 0.1) is 17.9 Å². The van der Waals surface area contributed by atoms with Crippen molar-refractivity contribution >= 4 is 11.7 Å². The van der Waals surface area contributed by atoms with E-state index in [0.29, 0.717) is 29.7 Å². The van der Waals surface area contributed by atoms with Gasteiger partial charge in [-0.3, -0.25) is 19.6 Å². The van der Waals surface area contributed by atoms with Gasteiger partial charge in [0.15, 0.2) is 0 Å². The highest BCUT2D eigenvalue weighted by molar-refractivity contribution is 5.69. The molecule has 0 aliphatic heterocycles. The number of esters is 1. The van der Waals surface area contributed by atoms with Crippen molar-refractivity contribution in [3.8, 4) is 0 Å². The second-order valence-corrected chi connectivity index (χ2v) is 7.45. The summed E-state index contributed by atoms with van der Waals surface area (Å²) < 4.78 is 7.07. The molecule has 7 heteroatoms. The molecule has 7 nitrogen and oxygen atoms in total. The van der Waals surface area contributed by atoms with Crippen LogP contribution >= 0.6 is 0 Å². The lowest BCUT2D eigenvalue weighted by atomic mass is 9.45. The van der Waals surface area contributed by atoms with Crippen LogP contribution in [0.4, 0.5) is 5.69 Å². The van der Waals surface area contributed by atoms with Crippen LogP contribution in [0.25, 0.3) is 0 Å². The summed E-state index contributed by atoms with van der Waals surface area (Å²) in [7, 11) is 0. The summed E-state index contributed by atoms with van der Waals surface area (Å²) in [6, 6.07) is 0. The van der Waals surface area contributed by atoms with Gasteiger partial charge in [-0.1, -0.05) is 20.8 Å². The van der Waals surface area contributed by atoms with Crippen molar-refractivity contribution in [3.63, 3.8) is 0 Å². The second-order valence-electron chi connectivity index (χ2n) is 7.45. The Kier molecular flexibility index (Phi) is 3.90. The zero-order chi connectivity index (χ0) is 16.8. The molecule has 0 spiro atoms. The maximum Gasteiger partial charge on any atom is 0.307 e. The van der Waals surface area contributed by atoms with Gasteiger partial charge in [0.2, 0.25) is 0 Å². The molecule has 0 radical (unpaired) electrons. The number of nitrogens with zero attached hydrogens (tertiary/aromatic N) is 3. The Hall–Kier alpha value is -1.92. The second kappa shape index (κ2) is 5.62. The summed E-state index contributed by atoms with van der Waals surface area (Å²) in [6.07, 6.45) is 4.90. The number of ether oxygens (including phenoxy) is 1. The standard InChI is InChI=1S/C16H23N3O4/c1-10-13-6-11(16(13,2)3)7-14(10)23-15(20)4-5-18-9-12(8-17-18)19(21)22/h8-11,13-14H,4-7H2,1-3H3. The van der Waals surface area contributed by atoms with Crippen LogP contribution in [-0.2, 0) is 16.1 Å². The van der Waals surface area contributed by atoms with Crippen LogP contribution in [0.3, 0.4) is 0 Å². The van der Waals surface area contributed by atoms with Crippen molar-refractivity contribution < 1.29 is 14.5 Å². The maximum absolute atomic E-state index is 12.1. The predicted molar refractivity (Wildman–Crippen MR) is 82.5 cm³/mol. The summed E-state index contributed by atoms with van der Waals surface area (Å²) in [5.41, 5.74) is 0.303. The first-order valence-electron chi connectivity index (χ1n) is 8.15. The molecule has 126 valence electrons. The number of hydrogen-bond acceptors (Lipinski definition) is 5. The predicted octanol–water partition coefficient (Wildman–Crippen LogP) is 2.80. The van der Waals surface area contributed by atoms with Gasteiger partial charge in [-0.2, -0.15) is 5.10 Å². The molecule has 3 aliphatic carbocycles. The van der Waals surface area contributed by atoms with Gasteiger partial charge in [-0.25, -0.2) is 0 Å². The average molecular weight is 321 g/mol. The number of rotatable bonds is 5. The molecule has 4 atom stereocenters. The maximum atomic E-state index is 12.1. The number of carbonyl (C=O) groups is 1. The van der Waals surface area contributed by atoms with Crippen molar-refractivity contribution in [2.24, 2.45) is 23.2 Å². The van der Waals surface area contributed by atoms with Gasteiger partial charge in [-0.05, 0) is 36.0 Å². The van der Waals surface area contributed by atoms with Gasteiger partial charge in [0, 0.05) is 0 Å². The first kappa shape index (κ1) is 16.0. The topological polar surface area (TPSA) is 87.3 Å². The summed E-state index contributed by atoms with van der Waals surface area (Å²) in [6.45, 7) is 7.10. The SMILES string of the molecule is CC1C(OC(=O)CCn2cc([N+](=O)[O-])cn2)CC2CC1C2(C)C. The van der Waals surface area contributed by atoms with E-state index >= 15 is 0 Å². The van der Waals surface area contributed by atoms with Crippen LogP contribution in [0, 0.1) is 33.3 Å². The Bertz CT molecular complexity index is 625. The molecule has 4 unspecified atom stereocenters. The van der Waals surface area contributed by atoms with Crippen LogP contribution in [0.2, 0.25) is 0 Å². The van der Waals surface area contributed by atoms with Crippen LogP contribution in [0.1, 0.15) is 40.0 Å². The molecule has 1 aromatic heterocycles. The van der Waals surface area contributed by atoms with Crippen molar-refractivity contribution in [1.82, 2.24) is 9.78 Å². The molecular formula is C16H23N3O4. The molecular weight excluding hydrogens is 298 g/mol. The number of carbonyl (C=O) groups excluding carboxylic acids is 1. The van der Waals surface area contributed by atoms with Crippen LogP contribution in [0.5, 0.6) is 0 Å². The normalized spacial score (nSPS) is 31.3. The average Bonchev–Trinajstić information content (AvgIpc) is 2.96. The number of nitro groups is 1. The van der Waals surface area contributed by atoms with E-state index in [9.17, 15) is 14.9 Å². The van der Waals surface area contributed by atoms with E-state index in [2.05, 4.69) is 25.9 Å². The van der Waals surface area contributed by atoms with Crippen LogP contribution < -0.4 is 0 Å². The number of fused-ring (bicyclic) bond motifs is 2. The molecule has 2 bridgehead atoms. The quantitative estimate of drug-likeness (QED) is 0.473. The molecule has 4 rings (SSSR count). The van der Waals surface area contributed by atoms with Gasteiger partial charge in [-0.15, -0.1) is 0 Å². The molecule has 23 heavy (non-hydrogen) atoms. The van der Waals surface area contributed by atoms with Crippen molar-refractivity contribution in [1.29, 1.82) is 0 Å². The molecule has 0 N–H and O–H groups in total. The molecule has 0 amide bonds. The van der Waals surface area contributed by atoms with Crippen molar-refractivity contribution in [2.45, 2.75) is 52.7 Å². The fourth-order valence-electron chi connectivity index (χ4n) is 4.26. The highest BCUT2D eigenvalue weighted by Crippen LogP contribution is 2.61. The minimum atomic E-state index is -0.500. The minimum absolute atomic E-state index is 0.00577. The summed E-state index contributed by atoms with van der Waals surface area (Å²) in [4.78, 5) is 22.2. The Balaban J connectivity index is 1.49. The lowest BCUT2D eigenvalue weighted by molar-refractivity contribution is -0.385. The number of aryl methyl sites for hydroxylation is 1.